The van der Waals surface area contributed by atoms with Crippen LogP contribution in [0.2, 0.25) is 0 Å². The molecule has 1 fully saturated rings. The molecule has 2 aliphatic rings. The molecule has 2 aliphatic heterocycles. The molecule has 1 N–H and O–H groups in total. The molecule has 0 saturated carbocycles. The number of hydrogen-bond donors (Lipinski definition) is 1. The zero-order valence-electron chi connectivity index (χ0n) is 20.4. The van der Waals surface area contributed by atoms with Crippen molar-refractivity contribution >= 4 is 50.1 Å². The van der Waals surface area contributed by atoms with Gasteiger partial charge in [-0.05, 0) is 55.1 Å². The first-order chi connectivity index (χ1) is 18.3. The zero-order valence-corrected chi connectivity index (χ0v) is 22.0. The summed E-state index contributed by atoms with van der Waals surface area (Å²) in [6, 6.07) is 10.6. The van der Waals surface area contributed by atoms with Gasteiger partial charge in [-0.2, -0.15) is 0 Å². The summed E-state index contributed by atoms with van der Waals surface area (Å²) < 4.78 is 44.8. The average molecular weight is 558 g/mol. The Balaban J connectivity index is 1.44. The van der Waals surface area contributed by atoms with Gasteiger partial charge in [0.05, 0.1) is 30.0 Å². The Morgan fingerprint density at radius 1 is 1.16 bits per heavy atom. The molecule has 0 atom stereocenters. The number of nitrogens with one attached hydrogen (secondary N) is 1. The summed E-state index contributed by atoms with van der Waals surface area (Å²) in [6.07, 6.45) is 1.52. The second-order valence-electron chi connectivity index (χ2n) is 8.45. The van der Waals surface area contributed by atoms with Gasteiger partial charge in [0.1, 0.15) is 10.9 Å². The highest BCUT2D eigenvalue weighted by Crippen LogP contribution is 2.34. The van der Waals surface area contributed by atoms with Crippen molar-refractivity contribution in [1.29, 1.82) is 0 Å². The van der Waals surface area contributed by atoms with Crippen molar-refractivity contribution in [1.82, 2.24) is 14.3 Å². The van der Waals surface area contributed by atoms with Crippen molar-refractivity contribution < 1.29 is 27.1 Å². The Morgan fingerprint density at radius 3 is 2.68 bits per heavy atom. The third-order valence-electron chi connectivity index (χ3n) is 6.26. The molecule has 2 aromatic carbocycles. The summed E-state index contributed by atoms with van der Waals surface area (Å²) in [6.45, 7) is 3.98. The van der Waals surface area contributed by atoms with Crippen LogP contribution in [-0.2, 0) is 14.8 Å². The second-order valence-corrected chi connectivity index (χ2v) is 11.2. The SMILES string of the molecule is CCN1C(=O)c2ccc(-c3ccnc(Nc4ccc(N5CCOCC5)c(C(=O)SCF)c4)n3)cc2S1(=O)=O. The number of ether oxygens (including phenoxy) is 1. The van der Waals surface area contributed by atoms with E-state index in [-0.39, 0.29) is 28.1 Å². The van der Waals surface area contributed by atoms with Gasteiger partial charge in [0, 0.05) is 42.8 Å². The van der Waals surface area contributed by atoms with Crippen LogP contribution in [0.25, 0.3) is 11.3 Å². The molecule has 0 aliphatic carbocycles. The molecule has 5 rings (SSSR count). The third kappa shape index (κ3) is 4.84. The van der Waals surface area contributed by atoms with E-state index in [4.69, 9.17) is 4.74 Å². The predicted molar refractivity (Wildman–Crippen MR) is 142 cm³/mol. The van der Waals surface area contributed by atoms with Crippen LogP contribution >= 0.6 is 11.8 Å². The molecule has 1 amide bonds. The van der Waals surface area contributed by atoms with E-state index in [1.54, 1.807) is 37.3 Å². The number of anilines is 3. The van der Waals surface area contributed by atoms with Gasteiger partial charge in [-0.1, -0.05) is 6.07 Å². The molecule has 10 nitrogen and oxygen atoms in total. The maximum absolute atomic E-state index is 13.0. The van der Waals surface area contributed by atoms with Crippen LogP contribution in [0, 0.1) is 0 Å². The molecule has 198 valence electrons. The fourth-order valence-electron chi connectivity index (χ4n) is 4.44. The minimum atomic E-state index is -3.91. The van der Waals surface area contributed by atoms with Gasteiger partial charge in [0.2, 0.25) is 11.1 Å². The number of benzene rings is 2. The van der Waals surface area contributed by atoms with Gasteiger partial charge in [0.25, 0.3) is 15.9 Å². The average Bonchev–Trinajstić information content (AvgIpc) is 3.13. The Bertz CT molecular complexity index is 1510. The lowest BCUT2D eigenvalue weighted by molar-refractivity contribution is 0.0875. The largest absolute Gasteiger partial charge is 0.378 e. The van der Waals surface area contributed by atoms with Gasteiger partial charge >= 0.3 is 0 Å². The maximum Gasteiger partial charge on any atom is 0.268 e. The first kappa shape index (κ1) is 26.1. The number of amides is 1. The number of carbonyl (C=O) groups is 2. The topological polar surface area (TPSA) is 122 Å². The molecule has 0 spiro atoms. The second kappa shape index (κ2) is 10.7. The van der Waals surface area contributed by atoms with E-state index in [1.165, 1.54) is 18.3 Å². The van der Waals surface area contributed by atoms with E-state index in [9.17, 15) is 22.4 Å². The molecular formula is C25H24FN5O5S2. The number of thioether (sulfide) groups is 1. The number of aromatic nitrogens is 2. The van der Waals surface area contributed by atoms with Crippen LogP contribution in [0.5, 0.6) is 0 Å². The molecular weight excluding hydrogens is 533 g/mol. The predicted octanol–water partition coefficient (Wildman–Crippen LogP) is 3.69. The monoisotopic (exact) mass is 557 g/mol. The molecule has 1 saturated heterocycles. The highest BCUT2D eigenvalue weighted by molar-refractivity contribution is 8.14. The summed E-state index contributed by atoms with van der Waals surface area (Å²) in [5, 5.41) is 2.69. The number of alkyl halides is 1. The number of rotatable bonds is 7. The number of halogens is 1. The lowest BCUT2D eigenvalue weighted by Gasteiger charge is -2.30. The number of morpholine rings is 1. The highest BCUT2D eigenvalue weighted by Gasteiger charge is 2.40. The Kier molecular flexibility index (Phi) is 7.32. The van der Waals surface area contributed by atoms with Crippen molar-refractivity contribution in [3.63, 3.8) is 0 Å². The van der Waals surface area contributed by atoms with E-state index < -0.39 is 21.9 Å². The van der Waals surface area contributed by atoms with Crippen molar-refractivity contribution in [3.8, 4) is 11.3 Å². The third-order valence-corrected chi connectivity index (χ3v) is 8.74. The van der Waals surface area contributed by atoms with Gasteiger partial charge in [-0.15, -0.1) is 0 Å². The van der Waals surface area contributed by atoms with E-state index in [2.05, 4.69) is 15.3 Å². The molecule has 0 radical (unpaired) electrons. The Labute approximate surface area is 223 Å². The van der Waals surface area contributed by atoms with Crippen molar-refractivity contribution in [3.05, 3.63) is 59.8 Å². The fraction of sp³-hybridized carbons (Fsp3) is 0.280. The lowest BCUT2D eigenvalue weighted by atomic mass is 10.1. The van der Waals surface area contributed by atoms with E-state index in [0.29, 0.717) is 66.3 Å². The van der Waals surface area contributed by atoms with Gasteiger partial charge in [-0.25, -0.2) is 27.1 Å². The Hall–Kier alpha value is -3.55. The molecule has 38 heavy (non-hydrogen) atoms. The molecule has 3 heterocycles. The quantitative estimate of drug-likeness (QED) is 0.460. The highest BCUT2D eigenvalue weighted by atomic mass is 32.2. The van der Waals surface area contributed by atoms with Crippen LogP contribution in [-0.4, -0.2) is 72.6 Å². The van der Waals surface area contributed by atoms with Crippen molar-refractivity contribution in [2.75, 3.05) is 49.1 Å². The number of sulfonamides is 1. The zero-order chi connectivity index (χ0) is 26.9. The summed E-state index contributed by atoms with van der Waals surface area (Å²) in [5.41, 5.74) is 2.67. The molecule has 0 bridgehead atoms. The maximum atomic E-state index is 13.0. The van der Waals surface area contributed by atoms with E-state index in [0.717, 1.165) is 4.31 Å². The minimum absolute atomic E-state index is 0.0470. The van der Waals surface area contributed by atoms with Gasteiger partial charge in [-0.3, -0.25) is 9.59 Å². The number of nitrogens with zero attached hydrogens (tertiary/aromatic N) is 4. The van der Waals surface area contributed by atoms with Gasteiger partial charge in [0.15, 0.2) is 0 Å². The summed E-state index contributed by atoms with van der Waals surface area (Å²) in [5.74, 6) is -0.330. The minimum Gasteiger partial charge on any atom is -0.378 e. The number of hydrogen-bond acceptors (Lipinski definition) is 10. The van der Waals surface area contributed by atoms with Crippen molar-refractivity contribution in [2.24, 2.45) is 0 Å². The first-order valence-corrected chi connectivity index (χ1v) is 14.3. The Morgan fingerprint density at radius 2 is 1.95 bits per heavy atom. The first-order valence-electron chi connectivity index (χ1n) is 11.8. The number of fused-ring (bicyclic) bond motifs is 1. The van der Waals surface area contributed by atoms with Gasteiger partial charge < -0.3 is 15.0 Å². The molecule has 3 aromatic rings. The van der Waals surface area contributed by atoms with Crippen molar-refractivity contribution in [2.45, 2.75) is 11.8 Å². The summed E-state index contributed by atoms with van der Waals surface area (Å²) in [7, 11) is -3.91. The molecule has 13 heteroatoms. The van der Waals surface area contributed by atoms with E-state index >= 15 is 0 Å². The normalized spacial score (nSPS) is 16.4. The van der Waals surface area contributed by atoms with Crippen LogP contribution in [0.1, 0.15) is 27.6 Å². The van der Waals surface area contributed by atoms with Crippen LogP contribution in [0.15, 0.2) is 53.6 Å². The van der Waals surface area contributed by atoms with Crippen LogP contribution in [0.4, 0.5) is 21.7 Å². The molecule has 0 unspecified atom stereocenters. The fourth-order valence-corrected chi connectivity index (χ4v) is 6.46. The van der Waals surface area contributed by atoms with Crippen LogP contribution in [0.3, 0.4) is 0 Å². The van der Waals surface area contributed by atoms with Crippen LogP contribution < -0.4 is 10.2 Å². The smallest absolute Gasteiger partial charge is 0.268 e. The number of carbonyl (C=O) groups excluding carboxylic acids is 2. The lowest BCUT2D eigenvalue weighted by Crippen LogP contribution is -2.37. The molecule has 1 aromatic heterocycles. The summed E-state index contributed by atoms with van der Waals surface area (Å²) >= 11 is 0.590. The summed E-state index contributed by atoms with van der Waals surface area (Å²) in [4.78, 5) is 35.9. The van der Waals surface area contributed by atoms with E-state index in [1.807, 2.05) is 4.90 Å². The standard InChI is InChI=1S/C25H24FN5O5S2/c1-2-31-23(32)18-5-3-16(13-22(18)38(31,34)35)20-7-8-27-25(29-20)28-17-4-6-21(30-9-11-36-12-10-30)19(14-17)24(33)37-15-26/h3-8,13-14H,2,9-12,15H2,1H3,(H,27,28,29).